The highest BCUT2D eigenvalue weighted by molar-refractivity contribution is 5.77. The van der Waals surface area contributed by atoms with E-state index >= 15 is 0 Å². The van der Waals surface area contributed by atoms with Gasteiger partial charge < -0.3 is 9.64 Å². The SMILES string of the molecule is CCN(C(=O)CCc1ccc(C#N)cc1)C(C)c1cccc(OC)c1. The fraction of sp³-hybridized carbons (Fsp3) is 0.333. The van der Waals surface area contributed by atoms with Gasteiger partial charge in [0, 0.05) is 13.0 Å². The molecule has 2 aromatic rings. The lowest BCUT2D eigenvalue weighted by molar-refractivity contribution is -0.133. The lowest BCUT2D eigenvalue weighted by Gasteiger charge is -2.29. The van der Waals surface area contributed by atoms with Crippen molar-refractivity contribution in [2.75, 3.05) is 13.7 Å². The van der Waals surface area contributed by atoms with Crippen molar-refractivity contribution in [3.63, 3.8) is 0 Å². The maximum absolute atomic E-state index is 12.7. The van der Waals surface area contributed by atoms with Gasteiger partial charge in [-0.05, 0) is 55.7 Å². The largest absolute Gasteiger partial charge is 0.497 e. The van der Waals surface area contributed by atoms with Gasteiger partial charge in [-0.3, -0.25) is 4.79 Å². The van der Waals surface area contributed by atoms with Gasteiger partial charge in [-0.15, -0.1) is 0 Å². The molecule has 130 valence electrons. The number of benzene rings is 2. The van der Waals surface area contributed by atoms with Crippen molar-refractivity contribution in [2.24, 2.45) is 0 Å². The average Bonchev–Trinajstić information content (AvgIpc) is 2.67. The number of rotatable bonds is 7. The number of hydrogen-bond donors (Lipinski definition) is 0. The Morgan fingerprint density at radius 3 is 2.56 bits per heavy atom. The Balaban J connectivity index is 2.02. The van der Waals surface area contributed by atoms with E-state index in [2.05, 4.69) is 6.07 Å². The Kier molecular flexibility index (Phi) is 6.59. The summed E-state index contributed by atoms with van der Waals surface area (Å²) < 4.78 is 5.28. The fourth-order valence-corrected chi connectivity index (χ4v) is 2.89. The summed E-state index contributed by atoms with van der Waals surface area (Å²) >= 11 is 0. The number of nitriles is 1. The molecule has 0 N–H and O–H groups in total. The van der Waals surface area contributed by atoms with Gasteiger partial charge in [0.15, 0.2) is 0 Å². The van der Waals surface area contributed by atoms with Crippen molar-refractivity contribution >= 4 is 5.91 Å². The number of amides is 1. The molecule has 0 saturated carbocycles. The molecular weight excluding hydrogens is 312 g/mol. The van der Waals surface area contributed by atoms with Gasteiger partial charge in [0.2, 0.25) is 5.91 Å². The molecule has 2 aromatic carbocycles. The van der Waals surface area contributed by atoms with Gasteiger partial charge in [0.05, 0.1) is 24.8 Å². The molecule has 0 heterocycles. The van der Waals surface area contributed by atoms with Crippen molar-refractivity contribution < 1.29 is 9.53 Å². The highest BCUT2D eigenvalue weighted by atomic mass is 16.5. The molecule has 0 aromatic heterocycles. The molecule has 4 heteroatoms. The smallest absolute Gasteiger partial charge is 0.223 e. The predicted molar refractivity (Wildman–Crippen MR) is 98.3 cm³/mol. The number of aryl methyl sites for hydroxylation is 1. The highest BCUT2D eigenvalue weighted by Crippen LogP contribution is 2.24. The Morgan fingerprint density at radius 2 is 1.96 bits per heavy atom. The van der Waals surface area contributed by atoms with Gasteiger partial charge in [0.1, 0.15) is 5.75 Å². The minimum absolute atomic E-state index is 0.00596. The van der Waals surface area contributed by atoms with Crippen LogP contribution < -0.4 is 4.74 Å². The molecule has 0 spiro atoms. The zero-order valence-electron chi connectivity index (χ0n) is 15.0. The third-order valence-corrected chi connectivity index (χ3v) is 4.42. The maximum atomic E-state index is 12.7. The zero-order chi connectivity index (χ0) is 18.2. The molecular formula is C21H24N2O2. The van der Waals surface area contributed by atoms with Crippen LogP contribution in [0.4, 0.5) is 0 Å². The zero-order valence-corrected chi connectivity index (χ0v) is 15.0. The first-order valence-corrected chi connectivity index (χ1v) is 8.51. The second-order valence-electron chi connectivity index (χ2n) is 5.94. The predicted octanol–water partition coefficient (Wildman–Crippen LogP) is 4.11. The quantitative estimate of drug-likeness (QED) is 0.764. The summed E-state index contributed by atoms with van der Waals surface area (Å²) in [6.07, 6.45) is 1.12. The molecule has 2 rings (SSSR count). The molecule has 0 saturated heterocycles. The first-order chi connectivity index (χ1) is 12.1. The van der Waals surface area contributed by atoms with Crippen LogP contribution in [0.1, 0.15) is 43.0 Å². The van der Waals surface area contributed by atoms with E-state index in [0.717, 1.165) is 16.9 Å². The van der Waals surface area contributed by atoms with Crippen LogP contribution in [0.15, 0.2) is 48.5 Å². The van der Waals surface area contributed by atoms with E-state index in [1.54, 1.807) is 19.2 Å². The normalized spacial score (nSPS) is 11.4. The lowest BCUT2D eigenvalue weighted by Crippen LogP contribution is -2.33. The summed E-state index contributed by atoms with van der Waals surface area (Å²) in [7, 11) is 1.64. The van der Waals surface area contributed by atoms with Crippen LogP contribution in [0.3, 0.4) is 0 Å². The van der Waals surface area contributed by atoms with E-state index in [9.17, 15) is 4.79 Å². The molecule has 1 atom stereocenters. The van der Waals surface area contributed by atoms with Crippen molar-refractivity contribution in [1.82, 2.24) is 4.90 Å². The van der Waals surface area contributed by atoms with Gasteiger partial charge in [-0.2, -0.15) is 5.26 Å². The first kappa shape index (κ1) is 18.5. The van der Waals surface area contributed by atoms with E-state index in [1.165, 1.54) is 0 Å². The second kappa shape index (κ2) is 8.89. The Hall–Kier alpha value is -2.80. The fourth-order valence-electron chi connectivity index (χ4n) is 2.89. The Labute approximate surface area is 149 Å². The summed E-state index contributed by atoms with van der Waals surface area (Å²) in [6.45, 7) is 4.69. The maximum Gasteiger partial charge on any atom is 0.223 e. The third kappa shape index (κ3) is 4.84. The van der Waals surface area contributed by atoms with Gasteiger partial charge in [-0.25, -0.2) is 0 Å². The Bertz CT molecular complexity index is 747. The molecule has 1 unspecified atom stereocenters. The van der Waals surface area contributed by atoms with Gasteiger partial charge in [-0.1, -0.05) is 24.3 Å². The van der Waals surface area contributed by atoms with Crippen LogP contribution in [0.2, 0.25) is 0 Å². The number of methoxy groups -OCH3 is 1. The molecule has 1 amide bonds. The molecule has 0 fully saturated rings. The standard InChI is InChI=1S/C21H24N2O2/c1-4-23(16(2)19-6-5-7-20(14-19)25-3)21(24)13-12-17-8-10-18(15-22)11-9-17/h5-11,14,16H,4,12-13H2,1-3H3. The van der Waals surface area contributed by atoms with E-state index in [0.29, 0.717) is 24.9 Å². The summed E-state index contributed by atoms with van der Waals surface area (Å²) in [4.78, 5) is 14.6. The van der Waals surface area contributed by atoms with Crippen LogP contribution in [-0.4, -0.2) is 24.5 Å². The molecule has 0 bridgehead atoms. The number of ether oxygens (including phenoxy) is 1. The number of nitrogens with zero attached hydrogens (tertiary/aromatic N) is 2. The first-order valence-electron chi connectivity index (χ1n) is 8.51. The summed E-state index contributed by atoms with van der Waals surface area (Å²) in [5.41, 5.74) is 2.77. The minimum Gasteiger partial charge on any atom is -0.497 e. The van der Waals surface area contributed by atoms with E-state index < -0.39 is 0 Å². The monoisotopic (exact) mass is 336 g/mol. The van der Waals surface area contributed by atoms with Crippen LogP contribution in [0.25, 0.3) is 0 Å². The van der Waals surface area contributed by atoms with Crippen LogP contribution in [0.5, 0.6) is 5.75 Å². The topological polar surface area (TPSA) is 53.3 Å². The molecule has 0 aliphatic carbocycles. The molecule has 0 aliphatic rings. The van der Waals surface area contributed by atoms with E-state index in [4.69, 9.17) is 10.00 Å². The van der Waals surface area contributed by atoms with E-state index in [1.807, 2.05) is 55.1 Å². The third-order valence-electron chi connectivity index (χ3n) is 4.42. The van der Waals surface area contributed by atoms with E-state index in [-0.39, 0.29) is 11.9 Å². The lowest BCUT2D eigenvalue weighted by atomic mass is 10.0. The highest BCUT2D eigenvalue weighted by Gasteiger charge is 2.20. The Morgan fingerprint density at radius 1 is 1.24 bits per heavy atom. The number of carbonyl (C=O) groups excluding carboxylic acids is 1. The van der Waals surface area contributed by atoms with Crippen molar-refractivity contribution in [3.8, 4) is 11.8 Å². The van der Waals surface area contributed by atoms with Crippen LogP contribution in [0, 0.1) is 11.3 Å². The van der Waals surface area contributed by atoms with Gasteiger partial charge in [0.25, 0.3) is 0 Å². The number of carbonyl (C=O) groups is 1. The molecule has 4 nitrogen and oxygen atoms in total. The molecule has 25 heavy (non-hydrogen) atoms. The summed E-state index contributed by atoms with van der Waals surface area (Å²) in [5, 5.41) is 8.84. The van der Waals surface area contributed by atoms with Crippen molar-refractivity contribution in [3.05, 3.63) is 65.2 Å². The minimum atomic E-state index is -0.00596. The van der Waals surface area contributed by atoms with Crippen molar-refractivity contribution in [1.29, 1.82) is 5.26 Å². The van der Waals surface area contributed by atoms with Crippen molar-refractivity contribution in [2.45, 2.75) is 32.7 Å². The van der Waals surface area contributed by atoms with Crippen LogP contribution in [-0.2, 0) is 11.2 Å². The summed E-state index contributed by atoms with van der Waals surface area (Å²) in [5.74, 6) is 0.924. The van der Waals surface area contributed by atoms with Gasteiger partial charge >= 0.3 is 0 Å². The number of hydrogen-bond acceptors (Lipinski definition) is 3. The molecule has 0 radical (unpaired) electrons. The second-order valence-corrected chi connectivity index (χ2v) is 5.94. The molecule has 0 aliphatic heterocycles. The summed E-state index contributed by atoms with van der Waals surface area (Å²) in [6, 6.07) is 17.3. The average molecular weight is 336 g/mol. The van der Waals surface area contributed by atoms with Crippen LogP contribution >= 0.6 is 0 Å².